The Kier molecular flexibility index (Phi) is 2.90. The third kappa shape index (κ3) is 1.88. The number of fused-ring (bicyclic) bond motifs is 2. The van der Waals surface area contributed by atoms with E-state index in [4.69, 9.17) is 10.5 Å². The van der Waals surface area contributed by atoms with Crippen LogP contribution < -0.4 is 5.73 Å². The summed E-state index contributed by atoms with van der Waals surface area (Å²) in [5.74, 6) is 0.842. The van der Waals surface area contributed by atoms with Crippen LogP contribution in [0.15, 0.2) is 24.3 Å². The molecule has 2 heteroatoms. The Balaban J connectivity index is 1.67. The van der Waals surface area contributed by atoms with E-state index < -0.39 is 0 Å². The normalized spacial score (nSPS) is 35.7. The lowest BCUT2D eigenvalue weighted by atomic mass is 9.70. The summed E-state index contributed by atoms with van der Waals surface area (Å²) in [4.78, 5) is 0. The van der Waals surface area contributed by atoms with Crippen LogP contribution in [0.25, 0.3) is 0 Å². The van der Waals surface area contributed by atoms with Crippen molar-refractivity contribution < 1.29 is 4.74 Å². The lowest BCUT2D eigenvalue weighted by Crippen LogP contribution is -2.37. The van der Waals surface area contributed by atoms with Crippen molar-refractivity contribution in [3.05, 3.63) is 29.8 Å². The van der Waals surface area contributed by atoms with Gasteiger partial charge in [0, 0.05) is 5.69 Å². The van der Waals surface area contributed by atoms with E-state index in [0.29, 0.717) is 23.5 Å². The molecule has 3 atom stereocenters. The topological polar surface area (TPSA) is 35.2 Å². The number of benzene rings is 1. The highest BCUT2D eigenvalue weighted by molar-refractivity contribution is 5.39. The average molecular weight is 259 g/mol. The maximum absolute atomic E-state index is 6.26. The Morgan fingerprint density at radius 2 is 1.89 bits per heavy atom. The smallest absolute Gasteiger partial charge is 0.0720 e. The fraction of sp³-hybridized carbons (Fsp3) is 0.647. The highest BCUT2D eigenvalue weighted by atomic mass is 16.5. The van der Waals surface area contributed by atoms with E-state index in [2.05, 4.69) is 32.9 Å². The van der Waals surface area contributed by atoms with Crippen molar-refractivity contribution in [1.29, 1.82) is 0 Å². The molecule has 1 aromatic rings. The molecule has 0 saturated heterocycles. The van der Waals surface area contributed by atoms with Crippen LogP contribution in [-0.2, 0) is 11.3 Å². The van der Waals surface area contributed by atoms with Crippen molar-refractivity contribution in [1.82, 2.24) is 0 Å². The first-order valence-electron chi connectivity index (χ1n) is 7.39. The second-order valence-corrected chi connectivity index (χ2v) is 7.15. The van der Waals surface area contributed by atoms with Gasteiger partial charge in [0.15, 0.2) is 0 Å². The van der Waals surface area contributed by atoms with Crippen LogP contribution in [0, 0.1) is 16.7 Å². The molecule has 0 aliphatic heterocycles. The Morgan fingerprint density at radius 3 is 2.42 bits per heavy atom. The second-order valence-electron chi connectivity index (χ2n) is 7.15. The minimum Gasteiger partial charge on any atom is -0.399 e. The number of hydrogen-bond acceptors (Lipinski definition) is 2. The predicted molar refractivity (Wildman–Crippen MR) is 78.7 cm³/mol. The SMILES string of the molecule is CC1(C)C2CCC1(C)C(OCc1ccc(N)cc1)C2. The molecule has 0 amide bonds. The zero-order valence-corrected chi connectivity index (χ0v) is 12.3. The van der Waals surface area contributed by atoms with E-state index in [1.54, 1.807) is 0 Å². The van der Waals surface area contributed by atoms with Gasteiger partial charge in [-0.2, -0.15) is 0 Å². The molecule has 104 valence electrons. The molecule has 2 aliphatic rings. The van der Waals surface area contributed by atoms with E-state index in [0.717, 1.165) is 11.6 Å². The summed E-state index contributed by atoms with van der Waals surface area (Å²) in [6.07, 6.45) is 4.35. The van der Waals surface area contributed by atoms with Crippen molar-refractivity contribution in [2.45, 2.75) is 52.7 Å². The van der Waals surface area contributed by atoms with Gasteiger partial charge in [-0.3, -0.25) is 0 Å². The summed E-state index contributed by atoms with van der Waals surface area (Å²) in [6.45, 7) is 7.99. The molecule has 2 saturated carbocycles. The molecule has 2 aliphatic carbocycles. The van der Waals surface area contributed by atoms with Crippen molar-refractivity contribution in [3.8, 4) is 0 Å². The van der Waals surface area contributed by atoms with Crippen molar-refractivity contribution in [2.75, 3.05) is 5.73 Å². The van der Waals surface area contributed by atoms with Gasteiger partial charge in [0.25, 0.3) is 0 Å². The van der Waals surface area contributed by atoms with E-state index in [-0.39, 0.29) is 0 Å². The molecule has 3 unspecified atom stereocenters. The molecular weight excluding hydrogens is 234 g/mol. The molecule has 2 N–H and O–H groups in total. The Bertz CT molecular complexity index is 465. The maximum Gasteiger partial charge on any atom is 0.0720 e. The zero-order valence-electron chi connectivity index (χ0n) is 12.3. The zero-order chi connectivity index (χ0) is 13.7. The van der Waals surface area contributed by atoms with Crippen LogP contribution in [0.3, 0.4) is 0 Å². The summed E-state index contributed by atoms with van der Waals surface area (Å²) in [5, 5.41) is 0. The average Bonchev–Trinajstić information content (AvgIpc) is 2.71. The van der Waals surface area contributed by atoms with Crippen LogP contribution >= 0.6 is 0 Å². The number of nitrogen functional groups attached to an aromatic ring is 1. The first-order valence-corrected chi connectivity index (χ1v) is 7.39. The molecule has 2 nitrogen and oxygen atoms in total. The molecule has 2 bridgehead atoms. The van der Waals surface area contributed by atoms with E-state index in [1.807, 2.05) is 12.1 Å². The van der Waals surface area contributed by atoms with Gasteiger partial charge in [0.05, 0.1) is 12.7 Å². The molecule has 0 radical (unpaired) electrons. The van der Waals surface area contributed by atoms with Gasteiger partial charge >= 0.3 is 0 Å². The van der Waals surface area contributed by atoms with Gasteiger partial charge in [-0.1, -0.05) is 32.9 Å². The van der Waals surface area contributed by atoms with Crippen molar-refractivity contribution in [2.24, 2.45) is 16.7 Å². The molecule has 1 aromatic carbocycles. The van der Waals surface area contributed by atoms with Crippen molar-refractivity contribution >= 4 is 5.69 Å². The van der Waals surface area contributed by atoms with Crippen LogP contribution in [0.2, 0.25) is 0 Å². The van der Waals surface area contributed by atoms with Crippen LogP contribution in [0.1, 0.15) is 45.6 Å². The van der Waals surface area contributed by atoms with E-state index >= 15 is 0 Å². The minimum atomic E-state index is 0.353. The van der Waals surface area contributed by atoms with Crippen LogP contribution in [-0.4, -0.2) is 6.10 Å². The van der Waals surface area contributed by atoms with E-state index in [9.17, 15) is 0 Å². The second kappa shape index (κ2) is 4.24. The first-order chi connectivity index (χ1) is 8.93. The molecule has 0 aromatic heterocycles. The highest BCUT2D eigenvalue weighted by Gasteiger charge is 2.61. The number of rotatable bonds is 3. The predicted octanol–water partition coefficient (Wildman–Crippen LogP) is 4.00. The van der Waals surface area contributed by atoms with Gasteiger partial charge in [0.1, 0.15) is 0 Å². The summed E-state index contributed by atoms with van der Waals surface area (Å²) in [5.41, 5.74) is 8.53. The van der Waals surface area contributed by atoms with Gasteiger partial charge in [-0.05, 0) is 53.7 Å². The lowest BCUT2D eigenvalue weighted by Gasteiger charge is -2.38. The van der Waals surface area contributed by atoms with Gasteiger partial charge < -0.3 is 10.5 Å². The lowest BCUT2D eigenvalue weighted by molar-refractivity contribution is -0.0550. The summed E-state index contributed by atoms with van der Waals surface area (Å²) < 4.78 is 6.26. The van der Waals surface area contributed by atoms with Crippen LogP contribution in [0.5, 0.6) is 0 Å². The van der Waals surface area contributed by atoms with Gasteiger partial charge in [-0.15, -0.1) is 0 Å². The Hall–Kier alpha value is -1.02. The highest BCUT2D eigenvalue weighted by Crippen LogP contribution is 2.66. The molecule has 19 heavy (non-hydrogen) atoms. The first kappa shape index (κ1) is 13.0. The number of nitrogens with two attached hydrogens (primary N) is 1. The standard InChI is InChI=1S/C17H25NO/c1-16(2)13-8-9-17(16,3)15(10-13)19-11-12-4-6-14(18)7-5-12/h4-7,13,15H,8-11,18H2,1-3H3. The summed E-state index contributed by atoms with van der Waals surface area (Å²) >= 11 is 0. The monoisotopic (exact) mass is 259 g/mol. The van der Waals surface area contributed by atoms with Crippen LogP contribution in [0.4, 0.5) is 5.69 Å². The Morgan fingerprint density at radius 1 is 1.21 bits per heavy atom. The molecular formula is C17H25NO. The minimum absolute atomic E-state index is 0.353. The van der Waals surface area contributed by atoms with Gasteiger partial charge in [0.2, 0.25) is 0 Å². The third-order valence-electron chi connectivity index (χ3n) is 6.14. The van der Waals surface area contributed by atoms with Gasteiger partial charge in [-0.25, -0.2) is 0 Å². The molecule has 0 spiro atoms. The molecule has 0 heterocycles. The van der Waals surface area contributed by atoms with E-state index in [1.165, 1.54) is 24.8 Å². The third-order valence-corrected chi connectivity index (χ3v) is 6.14. The summed E-state index contributed by atoms with van der Waals surface area (Å²) in [7, 11) is 0. The summed E-state index contributed by atoms with van der Waals surface area (Å²) in [6, 6.07) is 8.03. The number of anilines is 1. The quantitative estimate of drug-likeness (QED) is 0.833. The number of hydrogen-bond donors (Lipinski definition) is 1. The Labute approximate surface area is 116 Å². The number of ether oxygens (including phenoxy) is 1. The fourth-order valence-corrected chi connectivity index (χ4v) is 4.19. The maximum atomic E-state index is 6.26. The largest absolute Gasteiger partial charge is 0.399 e. The molecule has 2 fully saturated rings. The molecule has 3 rings (SSSR count). The fourth-order valence-electron chi connectivity index (χ4n) is 4.19. The van der Waals surface area contributed by atoms with Crippen molar-refractivity contribution in [3.63, 3.8) is 0 Å².